The third-order valence-electron chi connectivity index (χ3n) is 3.90. The lowest BCUT2D eigenvalue weighted by Crippen LogP contribution is -2.17. The number of nitrogens with one attached hydrogen (secondary N) is 2. The Kier molecular flexibility index (Phi) is 6.26. The van der Waals surface area contributed by atoms with Crippen molar-refractivity contribution in [3.8, 4) is 0 Å². The van der Waals surface area contributed by atoms with Crippen molar-refractivity contribution in [1.82, 2.24) is 9.78 Å². The van der Waals surface area contributed by atoms with Crippen molar-refractivity contribution in [2.75, 3.05) is 10.6 Å². The molecule has 2 N–H and O–H groups in total. The molecule has 3 rings (SSSR count). The number of aromatic nitrogens is 2. The zero-order valence-corrected chi connectivity index (χ0v) is 16.3. The summed E-state index contributed by atoms with van der Waals surface area (Å²) in [5.41, 5.74) is 0.784. The molecule has 0 atom stereocenters. The molecule has 0 radical (unpaired) electrons. The van der Waals surface area contributed by atoms with E-state index in [1.54, 1.807) is 47.3 Å². The Morgan fingerprint density at radius 1 is 1.19 bits per heavy atom. The molecule has 0 spiro atoms. The van der Waals surface area contributed by atoms with Gasteiger partial charge in [-0.2, -0.15) is 5.10 Å². The monoisotopic (exact) mass is 402 g/mol. The lowest BCUT2D eigenvalue weighted by atomic mass is 10.2. The number of anilines is 2. The van der Waals surface area contributed by atoms with E-state index in [-0.39, 0.29) is 11.8 Å². The first kappa shape index (κ1) is 19.1. The van der Waals surface area contributed by atoms with Gasteiger partial charge in [0.05, 0.1) is 21.8 Å². The summed E-state index contributed by atoms with van der Waals surface area (Å²) in [6.07, 6.45) is 3.67. The number of unbranched alkanes of at least 4 members (excludes halogenated alkanes) is 1. The maximum Gasteiger partial charge on any atom is 0.265 e. The highest BCUT2D eigenvalue weighted by Gasteiger charge is 2.14. The molecule has 2 heterocycles. The zero-order chi connectivity index (χ0) is 19.2. The van der Waals surface area contributed by atoms with Gasteiger partial charge in [0.25, 0.3) is 11.8 Å². The van der Waals surface area contributed by atoms with Crippen LogP contribution in [0.1, 0.15) is 39.8 Å². The van der Waals surface area contributed by atoms with Crippen LogP contribution in [0, 0.1) is 0 Å². The second-order valence-electron chi connectivity index (χ2n) is 5.87. The highest BCUT2D eigenvalue weighted by atomic mass is 35.5. The summed E-state index contributed by atoms with van der Waals surface area (Å²) in [5.74, 6) is 0.0752. The molecular weight excluding hydrogens is 384 g/mol. The number of carbonyl (C=O) groups excluding carboxylic acids is 2. The van der Waals surface area contributed by atoms with E-state index < -0.39 is 0 Å². The predicted octanol–water partition coefficient (Wildman–Crippen LogP) is 4.90. The minimum Gasteiger partial charge on any atom is -0.320 e. The van der Waals surface area contributed by atoms with Gasteiger partial charge in [0.2, 0.25) is 0 Å². The Hall–Kier alpha value is -2.64. The number of aryl methyl sites for hydroxylation is 1. The fraction of sp³-hybridized carbons (Fsp3) is 0.211. The van der Waals surface area contributed by atoms with Crippen molar-refractivity contribution < 1.29 is 9.59 Å². The van der Waals surface area contributed by atoms with Crippen molar-refractivity contribution in [1.29, 1.82) is 0 Å². The summed E-state index contributed by atoms with van der Waals surface area (Å²) in [6.45, 7) is 2.84. The van der Waals surface area contributed by atoms with Gasteiger partial charge in [-0.05, 0) is 36.1 Å². The number of halogens is 1. The molecule has 0 aliphatic carbocycles. The summed E-state index contributed by atoms with van der Waals surface area (Å²) in [6, 6.07) is 10.0. The van der Waals surface area contributed by atoms with Gasteiger partial charge in [-0.25, -0.2) is 4.68 Å². The van der Waals surface area contributed by atoms with Crippen LogP contribution in [0.2, 0.25) is 5.02 Å². The second-order valence-corrected chi connectivity index (χ2v) is 7.23. The first-order valence-electron chi connectivity index (χ1n) is 8.56. The lowest BCUT2D eigenvalue weighted by Gasteiger charge is -2.11. The van der Waals surface area contributed by atoms with Crippen molar-refractivity contribution in [2.24, 2.45) is 0 Å². The minimum atomic E-state index is -0.295. The molecule has 3 aromatic rings. The smallest absolute Gasteiger partial charge is 0.265 e. The van der Waals surface area contributed by atoms with Gasteiger partial charge >= 0.3 is 0 Å². The van der Waals surface area contributed by atoms with E-state index in [2.05, 4.69) is 22.7 Å². The van der Waals surface area contributed by atoms with Crippen LogP contribution >= 0.6 is 22.9 Å². The fourth-order valence-corrected chi connectivity index (χ4v) is 3.25. The summed E-state index contributed by atoms with van der Waals surface area (Å²) >= 11 is 7.51. The summed E-state index contributed by atoms with van der Waals surface area (Å²) in [5, 5.41) is 12.0. The molecular formula is C19H19ClN4O2S. The van der Waals surface area contributed by atoms with Crippen LogP contribution in [0.4, 0.5) is 11.5 Å². The number of amides is 2. The van der Waals surface area contributed by atoms with E-state index >= 15 is 0 Å². The van der Waals surface area contributed by atoms with Gasteiger partial charge in [0.15, 0.2) is 0 Å². The number of carbonyl (C=O) groups is 2. The molecule has 0 aliphatic rings. The van der Waals surface area contributed by atoms with Crippen molar-refractivity contribution >= 4 is 46.3 Å². The predicted molar refractivity (Wildman–Crippen MR) is 109 cm³/mol. The number of hydrogen-bond acceptors (Lipinski definition) is 4. The van der Waals surface area contributed by atoms with Gasteiger partial charge in [-0.3, -0.25) is 9.59 Å². The van der Waals surface area contributed by atoms with E-state index in [0.717, 1.165) is 19.4 Å². The molecule has 0 saturated carbocycles. The van der Waals surface area contributed by atoms with Gasteiger partial charge in [0, 0.05) is 18.2 Å². The van der Waals surface area contributed by atoms with Crippen LogP contribution in [0.5, 0.6) is 0 Å². The van der Waals surface area contributed by atoms with Crippen molar-refractivity contribution in [3.63, 3.8) is 0 Å². The van der Waals surface area contributed by atoms with E-state index in [4.69, 9.17) is 11.6 Å². The largest absolute Gasteiger partial charge is 0.320 e. The Balaban J connectivity index is 1.74. The lowest BCUT2D eigenvalue weighted by molar-refractivity contribution is 0.101. The fourth-order valence-electron chi connectivity index (χ4n) is 2.47. The van der Waals surface area contributed by atoms with Crippen molar-refractivity contribution in [3.05, 3.63) is 63.4 Å². The zero-order valence-electron chi connectivity index (χ0n) is 14.7. The highest BCUT2D eigenvalue weighted by molar-refractivity contribution is 7.12. The molecule has 8 heteroatoms. The van der Waals surface area contributed by atoms with Crippen molar-refractivity contribution in [2.45, 2.75) is 26.3 Å². The van der Waals surface area contributed by atoms with Gasteiger partial charge in [-0.15, -0.1) is 11.3 Å². The molecule has 140 valence electrons. The Morgan fingerprint density at radius 2 is 2.04 bits per heavy atom. The first-order valence-corrected chi connectivity index (χ1v) is 9.82. The maximum absolute atomic E-state index is 12.6. The van der Waals surface area contributed by atoms with E-state index in [9.17, 15) is 9.59 Å². The topological polar surface area (TPSA) is 76.0 Å². The number of hydrogen-bond donors (Lipinski definition) is 2. The van der Waals surface area contributed by atoms with Crippen LogP contribution < -0.4 is 10.6 Å². The van der Waals surface area contributed by atoms with Crippen LogP contribution in [0.25, 0.3) is 0 Å². The molecule has 2 amide bonds. The normalized spacial score (nSPS) is 10.6. The molecule has 0 aliphatic heterocycles. The van der Waals surface area contributed by atoms with E-state index in [1.807, 2.05) is 5.38 Å². The average Bonchev–Trinajstić information content (AvgIpc) is 3.33. The first-order chi connectivity index (χ1) is 13.1. The molecule has 0 unspecified atom stereocenters. The molecule has 27 heavy (non-hydrogen) atoms. The third kappa shape index (κ3) is 4.75. The molecule has 1 aromatic carbocycles. The number of nitrogens with zero attached hydrogens (tertiary/aromatic N) is 2. The van der Waals surface area contributed by atoms with E-state index in [1.165, 1.54) is 11.3 Å². The summed E-state index contributed by atoms with van der Waals surface area (Å²) < 4.78 is 1.76. The summed E-state index contributed by atoms with van der Waals surface area (Å²) in [4.78, 5) is 25.4. The molecule has 6 nitrogen and oxygen atoms in total. The van der Waals surface area contributed by atoms with Gasteiger partial charge in [-0.1, -0.05) is 31.0 Å². The van der Waals surface area contributed by atoms with E-state index in [0.29, 0.717) is 27.0 Å². The molecule has 0 bridgehead atoms. The van der Waals surface area contributed by atoms with Gasteiger partial charge in [0.1, 0.15) is 5.82 Å². The standard InChI is InChI=1S/C19H19ClN4O2S/c1-2-3-10-24-17(8-9-21-24)23-18(25)13-6-7-14(20)15(12-13)22-19(26)16-5-4-11-27-16/h4-9,11-12H,2-3,10H2,1H3,(H,22,26)(H,23,25). The van der Waals surface area contributed by atoms with Gasteiger partial charge < -0.3 is 10.6 Å². The third-order valence-corrected chi connectivity index (χ3v) is 5.10. The number of rotatable bonds is 7. The Labute approximate surface area is 166 Å². The number of benzene rings is 1. The van der Waals surface area contributed by atoms with Crippen LogP contribution in [-0.4, -0.2) is 21.6 Å². The maximum atomic E-state index is 12.6. The highest BCUT2D eigenvalue weighted by Crippen LogP contribution is 2.25. The Morgan fingerprint density at radius 3 is 2.78 bits per heavy atom. The molecule has 0 saturated heterocycles. The Bertz CT molecular complexity index is 937. The number of thiophene rings is 1. The second kappa shape index (κ2) is 8.83. The van der Waals surface area contributed by atoms with Crippen LogP contribution in [0.3, 0.4) is 0 Å². The van der Waals surface area contributed by atoms with Crippen LogP contribution in [0.15, 0.2) is 48.0 Å². The minimum absolute atomic E-state index is 0.262. The van der Waals surface area contributed by atoms with Crippen LogP contribution in [-0.2, 0) is 6.54 Å². The average molecular weight is 403 g/mol. The SMILES string of the molecule is CCCCn1nccc1NC(=O)c1ccc(Cl)c(NC(=O)c2cccs2)c1. The quantitative estimate of drug-likeness (QED) is 0.590. The summed E-state index contributed by atoms with van der Waals surface area (Å²) in [7, 11) is 0. The molecule has 2 aromatic heterocycles. The molecule has 0 fully saturated rings.